The van der Waals surface area contributed by atoms with E-state index in [0.29, 0.717) is 6.04 Å². The maximum absolute atomic E-state index is 12.1. The monoisotopic (exact) mass is 283 g/mol. The van der Waals surface area contributed by atoms with Crippen molar-refractivity contribution < 1.29 is 0 Å². The van der Waals surface area contributed by atoms with Gasteiger partial charge < -0.3 is 9.88 Å². The Morgan fingerprint density at radius 3 is 2.62 bits per heavy atom. The van der Waals surface area contributed by atoms with Gasteiger partial charge in [0.2, 0.25) is 0 Å². The molecule has 2 aliphatic rings. The van der Waals surface area contributed by atoms with E-state index in [2.05, 4.69) is 10.3 Å². The molecule has 0 atom stereocenters. The van der Waals surface area contributed by atoms with Crippen LogP contribution in [0, 0.1) is 11.8 Å². The first-order chi connectivity index (χ1) is 10.3. The molecule has 0 radical (unpaired) electrons. The molecule has 0 spiro atoms. The highest BCUT2D eigenvalue weighted by Crippen LogP contribution is 2.44. The number of nitrogens with one attached hydrogen (secondary N) is 1. The van der Waals surface area contributed by atoms with E-state index in [1.807, 2.05) is 28.8 Å². The molecule has 2 fully saturated rings. The molecule has 0 unspecified atom stereocenters. The lowest BCUT2D eigenvalue weighted by Gasteiger charge is -2.18. The van der Waals surface area contributed by atoms with Gasteiger partial charge in [-0.15, -0.1) is 0 Å². The number of nitrogens with zero attached hydrogens (tertiary/aromatic N) is 2. The lowest BCUT2D eigenvalue weighted by atomic mass is 10.1. The summed E-state index contributed by atoms with van der Waals surface area (Å²) in [7, 11) is 0. The van der Waals surface area contributed by atoms with Crippen molar-refractivity contribution in [3.63, 3.8) is 0 Å². The van der Waals surface area contributed by atoms with E-state index in [4.69, 9.17) is 0 Å². The van der Waals surface area contributed by atoms with E-state index in [1.165, 1.54) is 31.9 Å². The molecule has 2 aliphatic carbocycles. The average molecular weight is 283 g/mol. The van der Waals surface area contributed by atoms with Crippen LogP contribution in [0.25, 0.3) is 11.0 Å². The summed E-state index contributed by atoms with van der Waals surface area (Å²) in [5.74, 6) is 1.78. The molecule has 2 saturated carbocycles. The van der Waals surface area contributed by atoms with Gasteiger partial charge in [0.05, 0.1) is 17.2 Å². The van der Waals surface area contributed by atoms with Gasteiger partial charge in [-0.3, -0.25) is 4.79 Å². The summed E-state index contributed by atoms with van der Waals surface area (Å²) < 4.78 is 1.84. The first kappa shape index (κ1) is 13.0. The maximum Gasteiger partial charge on any atom is 0.269 e. The molecule has 2 aromatic rings. The van der Waals surface area contributed by atoms with Crippen molar-refractivity contribution in [2.75, 3.05) is 6.54 Å². The zero-order chi connectivity index (χ0) is 14.2. The third-order valence-corrected chi connectivity index (χ3v) is 4.73. The quantitative estimate of drug-likeness (QED) is 0.884. The van der Waals surface area contributed by atoms with Gasteiger partial charge in [-0.2, -0.15) is 0 Å². The molecule has 0 amide bonds. The van der Waals surface area contributed by atoms with Crippen LogP contribution in [0.1, 0.15) is 25.7 Å². The van der Waals surface area contributed by atoms with Crippen molar-refractivity contribution in [2.24, 2.45) is 11.8 Å². The largest absolute Gasteiger partial charge is 0.312 e. The Kier molecular flexibility index (Phi) is 3.26. The highest BCUT2D eigenvalue weighted by molar-refractivity contribution is 5.74. The van der Waals surface area contributed by atoms with Crippen LogP contribution < -0.4 is 10.9 Å². The molecule has 0 saturated heterocycles. The number of fused-ring (bicyclic) bond motifs is 1. The SMILES string of the molecule is O=c1cnc2ccccc2n1CCNC(C1CC1)C1CC1. The zero-order valence-corrected chi connectivity index (χ0v) is 12.2. The van der Waals surface area contributed by atoms with Crippen LogP contribution in [-0.2, 0) is 6.54 Å². The molecule has 1 N–H and O–H groups in total. The minimum atomic E-state index is -0.00936. The Hall–Kier alpha value is -1.68. The summed E-state index contributed by atoms with van der Waals surface area (Å²) >= 11 is 0. The van der Waals surface area contributed by atoms with Gasteiger partial charge in [0.15, 0.2) is 0 Å². The van der Waals surface area contributed by atoms with Crippen molar-refractivity contribution in [1.29, 1.82) is 0 Å². The van der Waals surface area contributed by atoms with E-state index in [9.17, 15) is 4.79 Å². The Morgan fingerprint density at radius 2 is 1.90 bits per heavy atom. The van der Waals surface area contributed by atoms with Crippen LogP contribution in [-0.4, -0.2) is 22.1 Å². The summed E-state index contributed by atoms with van der Waals surface area (Å²) in [6.45, 7) is 1.59. The van der Waals surface area contributed by atoms with Crippen molar-refractivity contribution in [2.45, 2.75) is 38.3 Å². The molecule has 4 rings (SSSR count). The second kappa shape index (κ2) is 5.26. The molecule has 21 heavy (non-hydrogen) atoms. The van der Waals surface area contributed by atoms with Crippen LogP contribution >= 0.6 is 0 Å². The fraction of sp³-hybridized carbons (Fsp3) is 0.529. The molecule has 1 aromatic carbocycles. The van der Waals surface area contributed by atoms with Crippen molar-refractivity contribution in [3.8, 4) is 0 Å². The highest BCUT2D eigenvalue weighted by atomic mass is 16.1. The molecular formula is C17H21N3O. The summed E-state index contributed by atoms with van der Waals surface area (Å²) in [6, 6.07) is 8.54. The average Bonchev–Trinajstić information content (AvgIpc) is 3.38. The Bertz CT molecular complexity index is 688. The first-order valence-corrected chi connectivity index (χ1v) is 8.01. The molecular weight excluding hydrogens is 262 g/mol. The van der Waals surface area contributed by atoms with E-state index < -0.39 is 0 Å². The van der Waals surface area contributed by atoms with Gasteiger partial charge in [0.25, 0.3) is 5.56 Å². The molecule has 4 heteroatoms. The van der Waals surface area contributed by atoms with Crippen LogP contribution in [0.15, 0.2) is 35.3 Å². The second-order valence-electron chi connectivity index (χ2n) is 6.39. The molecule has 0 aliphatic heterocycles. The fourth-order valence-electron chi connectivity index (χ4n) is 3.32. The fourth-order valence-corrected chi connectivity index (χ4v) is 3.32. The summed E-state index contributed by atoms with van der Waals surface area (Å²) in [6.07, 6.45) is 6.96. The van der Waals surface area contributed by atoms with Gasteiger partial charge in [0.1, 0.15) is 0 Å². The third-order valence-electron chi connectivity index (χ3n) is 4.73. The number of aromatic nitrogens is 2. The van der Waals surface area contributed by atoms with E-state index in [-0.39, 0.29) is 5.56 Å². The number of benzene rings is 1. The summed E-state index contributed by atoms with van der Waals surface area (Å²) in [5.41, 5.74) is 1.81. The lowest BCUT2D eigenvalue weighted by Crippen LogP contribution is -2.37. The van der Waals surface area contributed by atoms with Crippen molar-refractivity contribution in [1.82, 2.24) is 14.9 Å². The van der Waals surface area contributed by atoms with Gasteiger partial charge in [0, 0.05) is 19.1 Å². The van der Waals surface area contributed by atoms with Gasteiger partial charge in [-0.25, -0.2) is 4.98 Å². The standard InChI is InChI=1S/C17H21N3O/c21-16-11-19-14-3-1-2-4-15(14)20(16)10-9-18-17(12-5-6-12)13-7-8-13/h1-4,11-13,17-18H,5-10H2. The van der Waals surface area contributed by atoms with E-state index in [1.54, 1.807) is 0 Å². The Labute approximate surface area is 124 Å². The number of hydrogen-bond donors (Lipinski definition) is 1. The minimum absolute atomic E-state index is 0.00936. The predicted octanol–water partition coefficient (Wildman–Crippen LogP) is 2.17. The van der Waals surface area contributed by atoms with E-state index >= 15 is 0 Å². The topological polar surface area (TPSA) is 46.9 Å². The minimum Gasteiger partial charge on any atom is -0.312 e. The molecule has 1 aromatic heterocycles. The van der Waals surface area contributed by atoms with Gasteiger partial charge in [-0.1, -0.05) is 12.1 Å². The number of hydrogen-bond acceptors (Lipinski definition) is 3. The molecule has 110 valence electrons. The van der Waals surface area contributed by atoms with Crippen LogP contribution in [0.4, 0.5) is 0 Å². The Balaban J connectivity index is 1.49. The summed E-state index contributed by atoms with van der Waals surface area (Å²) in [4.78, 5) is 16.3. The normalized spacial score (nSPS) is 18.5. The van der Waals surface area contributed by atoms with E-state index in [0.717, 1.165) is 36.0 Å². The van der Waals surface area contributed by atoms with Crippen molar-refractivity contribution >= 4 is 11.0 Å². The maximum atomic E-state index is 12.1. The predicted molar refractivity (Wildman–Crippen MR) is 83.2 cm³/mol. The lowest BCUT2D eigenvalue weighted by molar-refractivity contribution is 0.406. The molecule has 1 heterocycles. The summed E-state index contributed by atoms with van der Waals surface area (Å²) in [5, 5.41) is 3.70. The molecule has 4 nitrogen and oxygen atoms in total. The first-order valence-electron chi connectivity index (χ1n) is 8.01. The van der Waals surface area contributed by atoms with Crippen LogP contribution in [0.5, 0.6) is 0 Å². The van der Waals surface area contributed by atoms with Gasteiger partial charge >= 0.3 is 0 Å². The number of rotatable bonds is 6. The second-order valence-corrected chi connectivity index (χ2v) is 6.39. The van der Waals surface area contributed by atoms with Crippen LogP contribution in [0.3, 0.4) is 0 Å². The third kappa shape index (κ3) is 2.72. The van der Waals surface area contributed by atoms with Crippen molar-refractivity contribution in [3.05, 3.63) is 40.8 Å². The zero-order valence-electron chi connectivity index (χ0n) is 12.2. The highest BCUT2D eigenvalue weighted by Gasteiger charge is 2.40. The molecule has 0 bridgehead atoms. The van der Waals surface area contributed by atoms with Crippen LogP contribution in [0.2, 0.25) is 0 Å². The van der Waals surface area contributed by atoms with Gasteiger partial charge in [-0.05, 0) is 49.7 Å². The number of para-hydroxylation sites is 2. The Morgan fingerprint density at radius 1 is 1.19 bits per heavy atom. The smallest absolute Gasteiger partial charge is 0.269 e.